The monoisotopic (exact) mass is 319 g/mol. The van der Waals surface area contributed by atoms with E-state index < -0.39 is 29.7 Å². The third-order valence-corrected chi connectivity index (χ3v) is 5.97. The van der Waals surface area contributed by atoms with Crippen molar-refractivity contribution < 1.29 is 35.7 Å². The highest BCUT2D eigenvalue weighted by molar-refractivity contribution is 7.87. The number of carbonyl (C=O) groups is 1. The molecule has 0 fully saturated rings. The van der Waals surface area contributed by atoms with Gasteiger partial charge in [-0.15, -0.1) is 0 Å². The predicted octanol–water partition coefficient (Wildman–Crippen LogP) is 1.30. The van der Waals surface area contributed by atoms with Gasteiger partial charge in [0.15, 0.2) is 18.4 Å². The Labute approximate surface area is 112 Å². The third kappa shape index (κ3) is 5.93. The molecular weight excluding hydrogens is 302 g/mol. The Kier molecular flexibility index (Phi) is 6.52. The molecule has 0 amide bonds. The zero-order valence-corrected chi connectivity index (χ0v) is 12.8. The number of rotatable bonds is 8. The van der Waals surface area contributed by atoms with Crippen LogP contribution in [0.1, 0.15) is 12.8 Å². The summed E-state index contributed by atoms with van der Waals surface area (Å²) in [5, 5.41) is -5.03. The lowest BCUT2D eigenvalue weighted by atomic mass is 10.4. The predicted molar refractivity (Wildman–Crippen MR) is 64.1 cm³/mol. The van der Waals surface area contributed by atoms with Crippen LogP contribution in [0.3, 0.4) is 0 Å². The quantitative estimate of drug-likeness (QED) is 0.290. The van der Waals surface area contributed by atoms with E-state index in [1.807, 2.05) is 13.1 Å². The van der Waals surface area contributed by atoms with E-state index in [0.717, 1.165) is 6.04 Å². The largest absolute Gasteiger partial charge is 0.743 e. The van der Waals surface area contributed by atoms with Gasteiger partial charge in [-0.3, -0.25) is 0 Å². The Hall–Kier alpha value is -0.583. The molecule has 0 rings (SSSR count). The number of halogens is 2. The van der Waals surface area contributed by atoms with Crippen LogP contribution in [0.25, 0.3) is 0 Å². The maximum Gasteiger partial charge on any atom is 0.428 e. The van der Waals surface area contributed by atoms with E-state index in [2.05, 4.69) is 4.74 Å². The van der Waals surface area contributed by atoms with Crippen molar-refractivity contribution in [1.29, 1.82) is 0 Å². The van der Waals surface area contributed by atoms with E-state index in [9.17, 15) is 26.5 Å². The number of unbranched alkanes of at least 4 members (excludes halogenated alkanes) is 1. The van der Waals surface area contributed by atoms with Crippen molar-refractivity contribution in [2.24, 2.45) is 0 Å². The summed E-state index contributed by atoms with van der Waals surface area (Å²) in [7, 11) is -6.21. The van der Waals surface area contributed by atoms with Crippen molar-refractivity contribution in [1.82, 2.24) is 0 Å². The summed E-state index contributed by atoms with van der Waals surface area (Å²) >= 11 is 0. The lowest BCUT2D eigenvalue weighted by molar-refractivity contribution is -0.161. The first-order chi connectivity index (χ1) is 8.44. The molecular formula is C9H17F2O6SSi-. The van der Waals surface area contributed by atoms with Crippen molar-refractivity contribution >= 4 is 24.4 Å². The maximum absolute atomic E-state index is 12.7. The Morgan fingerprint density at radius 1 is 1.32 bits per heavy atom. The van der Waals surface area contributed by atoms with Crippen molar-refractivity contribution in [3.05, 3.63) is 0 Å². The maximum atomic E-state index is 12.7. The molecule has 19 heavy (non-hydrogen) atoms. The number of carbonyl (C=O) groups excluding carboxylic acids is 1. The van der Waals surface area contributed by atoms with Crippen LogP contribution < -0.4 is 0 Å². The van der Waals surface area contributed by atoms with Gasteiger partial charge >= 0.3 is 11.2 Å². The van der Waals surface area contributed by atoms with Crippen molar-refractivity contribution in [3.63, 3.8) is 0 Å². The van der Waals surface area contributed by atoms with Crippen molar-refractivity contribution in [3.8, 4) is 0 Å². The molecule has 10 heteroatoms. The number of hydrogen-bond donors (Lipinski definition) is 0. The topological polar surface area (TPSA) is 92.7 Å². The van der Waals surface area contributed by atoms with E-state index in [4.69, 9.17) is 4.43 Å². The normalized spacial score (nSPS) is 13.4. The molecule has 0 bridgehead atoms. The second-order valence-corrected chi connectivity index (χ2v) is 10.4. The molecule has 0 aromatic carbocycles. The first-order valence-electron chi connectivity index (χ1n) is 5.49. The van der Waals surface area contributed by atoms with Crippen LogP contribution in [0.15, 0.2) is 0 Å². The summed E-state index contributed by atoms with van der Waals surface area (Å²) < 4.78 is 65.1. The summed E-state index contributed by atoms with van der Waals surface area (Å²) in [4.78, 5) is 10.8. The highest BCUT2D eigenvalue weighted by Gasteiger charge is 2.48. The Bertz CT molecular complexity index is 409. The second kappa shape index (κ2) is 6.73. The van der Waals surface area contributed by atoms with E-state index >= 15 is 0 Å². The van der Waals surface area contributed by atoms with Crippen LogP contribution in [0, 0.1) is 0 Å². The number of hydrogen-bond acceptors (Lipinski definition) is 6. The molecule has 0 aromatic rings. The molecule has 0 N–H and O–H groups in total. The number of ether oxygens (including phenoxy) is 1. The molecule has 0 aliphatic rings. The standard InChI is InChI=1S/C9H18F2O6SSi/c1-16-19(2,3)7-5-4-6-17-8(12)9(10,11)18(13,14)15/h4-7H2,1-3H3,(H,13,14,15)/p-1. The first kappa shape index (κ1) is 18.4. The average molecular weight is 319 g/mol. The van der Waals surface area contributed by atoms with Crippen LogP contribution >= 0.6 is 0 Å². The van der Waals surface area contributed by atoms with Crippen LogP contribution in [0.2, 0.25) is 19.1 Å². The minimum absolute atomic E-state index is 0.292. The molecule has 0 saturated heterocycles. The van der Waals surface area contributed by atoms with Gasteiger partial charge < -0.3 is 13.7 Å². The average Bonchev–Trinajstić information content (AvgIpc) is 2.26. The minimum atomic E-state index is -6.04. The number of esters is 1. The highest BCUT2D eigenvalue weighted by atomic mass is 32.2. The molecule has 0 unspecified atom stereocenters. The zero-order valence-electron chi connectivity index (χ0n) is 10.9. The Morgan fingerprint density at radius 3 is 2.26 bits per heavy atom. The van der Waals surface area contributed by atoms with Gasteiger partial charge in [0.25, 0.3) is 0 Å². The molecule has 0 aliphatic carbocycles. The summed E-state index contributed by atoms with van der Waals surface area (Å²) in [5.74, 6) is -2.33. The fraction of sp³-hybridized carbons (Fsp3) is 0.889. The smallest absolute Gasteiger partial charge is 0.428 e. The third-order valence-electron chi connectivity index (χ3n) is 2.51. The van der Waals surface area contributed by atoms with E-state index in [1.54, 1.807) is 7.11 Å². The summed E-state index contributed by atoms with van der Waals surface area (Å²) in [5.41, 5.74) is 0. The second-order valence-electron chi connectivity index (χ2n) is 4.53. The van der Waals surface area contributed by atoms with Crippen LogP contribution in [0.4, 0.5) is 8.78 Å². The van der Waals surface area contributed by atoms with Gasteiger partial charge in [-0.05, 0) is 25.6 Å². The Balaban J connectivity index is 4.08. The van der Waals surface area contributed by atoms with Crippen LogP contribution in [-0.2, 0) is 24.1 Å². The molecule has 0 atom stereocenters. The van der Waals surface area contributed by atoms with E-state index in [-0.39, 0.29) is 6.61 Å². The van der Waals surface area contributed by atoms with Crippen molar-refractivity contribution in [2.45, 2.75) is 37.2 Å². The Morgan fingerprint density at radius 2 is 1.84 bits per heavy atom. The summed E-state index contributed by atoms with van der Waals surface area (Å²) in [6.07, 6.45) is 0.885. The molecule has 0 aromatic heterocycles. The van der Waals surface area contributed by atoms with Gasteiger partial charge in [0, 0.05) is 7.11 Å². The molecule has 0 radical (unpaired) electrons. The molecule has 0 spiro atoms. The van der Waals surface area contributed by atoms with Gasteiger partial charge in [0.2, 0.25) is 0 Å². The fourth-order valence-corrected chi connectivity index (χ4v) is 2.67. The molecule has 6 nitrogen and oxygen atoms in total. The summed E-state index contributed by atoms with van der Waals surface area (Å²) in [6, 6.07) is 0.747. The lowest BCUT2D eigenvalue weighted by Crippen LogP contribution is -2.39. The highest BCUT2D eigenvalue weighted by Crippen LogP contribution is 2.22. The molecule has 0 heterocycles. The van der Waals surface area contributed by atoms with Gasteiger partial charge in [0.05, 0.1) is 6.61 Å². The van der Waals surface area contributed by atoms with Crippen LogP contribution in [-0.4, -0.2) is 46.2 Å². The lowest BCUT2D eigenvalue weighted by Gasteiger charge is -2.20. The van der Waals surface area contributed by atoms with Crippen molar-refractivity contribution in [2.75, 3.05) is 13.7 Å². The van der Waals surface area contributed by atoms with Gasteiger partial charge in [-0.2, -0.15) is 8.78 Å². The van der Waals surface area contributed by atoms with Crippen LogP contribution in [0.5, 0.6) is 0 Å². The van der Waals surface area contributed by atoms with E-state index in [0.29, 0.717) is 12.8 Å². The minimum Gasteiger partial charge on any atom is -0.743 e. The molecule has 0 saturated carbocycles. The van der Waals surface area contributed by atoms with Gasteiger partial charge in [0.1, 0.15) is 0 Å². The zero-order chi connectivity index (χ0) is 15.3. The molecule has 114 valence electrons. The van der Waals surface area contributed by atoms with Gasteiger partial charge in [-0.1, -0.05) is 6.42 Å². The first-order valence-corrected chi connectivity index (χ1v) is 10.0. The summed E-state index contributed by atoms with van der Waals surface area (Å²) in [6.45, 7) is 3.58. The van der Waals surface area contributed by atoms with E-state index in [1.165, 1.54) is 0 Å². The molecule has 0 aliphatic heterocycles. The van der Waals surface area contributed by atoms with Gasteiger partial charge in [-0.25, -0.2) is 13.2 Å². The SMILES string of the molecule is CO[Si](C)(C)CCCCOC(=O)C(F)(F)S(=O)(=O)[O-]. The fourth-order valence-electron chi connectivity index (χ4n) is 1.11. The number of alkyl halides is 2.